The van der Waals surface area contributed by atoms with E-state index in [1.807, 2.05) is 0 Å². The number of hydrogen-bond donors (Lipinski definition) is 0. The van der Waals surface area contributed by atoms with Crippen LogP contribution in [-0.2, 0) is 6.54 Å². The fraction of sp³-hybridized carbons (Fsp3) is 0.474. The molecule has 0 bridgehead atoms. The molecule has 5 heterocycles. The van der Waals surface area contributed by atoms with Crippen LogP contribution in [0.5, 0.6) is 0 Å². The van der Waals surface area contributed by atoms with Gasteiger partial charge in [0.15, 0.2) is 0 Å². The molecule has 5 rings (SSSR count). The smallest absolute Gasteiger partial charge is 0.232 e. The minimum atomic E-state index is 0.178. The van der Waals surface area contributed by atoms with Crippen molar-refractivity contribution in [2.45, 2.75) is 18.9 Å². The van der Waals surface area contributed by atoms with E-state index in [0.29, 0.717) is 11.5 Å². The largest absolute Gasteiger partial charge is 0.339 e. The van der Waals surface area contributed by atoms with Crippen molar-refractivity contribution in [2.75, 3.05) is 33.2 Å². The maximum Gasteiger partial charge on any atom is 0.232 e. The molecule has 3 aromatic heterocycles. The minimum Gasteiger partial charge on any atom is -0.339 e. The van der Waals surface area contributed by atoms with Gasteiger partial charge in [0.2, 0.25) is 11.7 Å². The molecule has 7 nitrogen and oxygen atoms in total. The third kappa shape index (κ3) is 3.18. The van der Waals surface area contributed by atoms with E-state index in [1.54, 1.807) is 29.9 Å². The van der Waals surface area contributed by atoms with Gasteiger partial charge in [-0.3, -0.25) is 9.88 Å². The molecule has 3 aromatic rings. The summed E-state index contributed by atoms with van der Waals surface area (Å²) < 4.78 is 5.74. The van der Waals surface area contributed by atoms with Gasteiger partial charge in [0.05, 0.1) is 12.1 Å². The van der Waals surface area contributed by atoms with Crippen LogP contribution in [0, 0.1) is 5.41 Å². The first-order valence-corrected chi connectivity index (χ1v) is 10.2. The van der Waals surface area contributed by atoms with Crippen LogP contribution in [0.1, 0.15) is 23.8 Å². The minimum absolute atomic E-state index is 0.178. The van der Waals surface area contributed by atoms with Crippen molar-refractivity contribution >= 4 is 11.3 Å². The van der Waals surface area contributed by atoms with Gasteiger partial charge in [0, 0.05) is 44.0 Å². The number of nitrogens with zero attached hydrogens (tertiary/aromatic N) is 6. The zero-order valence-corrected chi connectivity index (χ0v) is 16.1. The van der Waals surface area contributed by atoms with E-state index in [2.05, 4.69) is 48.8 Å². The van der Waals surface area contributed by atoms with Crippen LogP contribution in [-0.4, -0.2) is 63.1 Å². The quantitative estimate of drug-likeness (QED) is 0.686. The lowest BCUT2D eigenvalue weighted by Gasteiger charge is -2.27. The van der Waals surface area contributed by atoms with Crippen molar-refractivity contribution in [1.29, 1.82) is 0 Å². The summed E-state index contributed by atoms with van der Waals surface area (Å²) in [5, 5.41) is 8.57. The molecule has 0 radical (unpaired) electrons. The second kappa shape index (κ2) is 6.78. The SMILES string of the molecule is CN1CC[C@]2(C1)CN(Cc1ccsc1)C[C@H]2c1nc(-c2cnccn2)no1. The Morgan fingerprint density at radius 3 is 3.04 bits per heavy atom. The molecule has 0 unspecified atom stereocenters. The van der Waals surface area contributed by atoms with Crippen LogP contribution in [0.25, 0.3) is 11.5 Å². The summed E-state index contributed by atoms with van der Waals surface area (Å²) in [7, 11) is 2.20. The average molecular weight is 382 g/mol. The first kappa shape index (κ1) is 17.0. The highest BCUT2D eigenvalue weighted by Crippen LogP contribution is 2.48. The average Bonchev–Trinajstić information content (AvgIpc) is 3.46. The van der Waals surface area contributed by atoms with Crippen LogP contribution in [0.15, 0.2) is 39.9 Å². The van der Waals surface area contributed by atoms with Gasteiger partial charge in [-0.2, -0.15) is 16.3 Å². The van der Waals surface area contributed by atoms with Gasteiger partial charge in [-0.25, -0.2) is 4.98 Å². The van der Waals surface area contributed by atoms with Crippen molar-refractivity contribution in [2.24, 2.45) is 5.41 Å². The fourth-order valence-electron chi connectivity index (χ4n) is 4.59. The van der Waals surface area contributed by atoms with Crippen molar-refractivity contribution in [3.05, 3.63) is 46.9 Å². The third-order valence-electron chi connectivity index (χ3n) is 5.81. The first-order valence-electron chi connectivity index (χ1n) is 9.24. The maximum absolute atomic E-state index is 5.74. The standard InChI is InChI=1S/C19H22N6OS/c1-24-6-3-19(12-24)13-25(9-14-2-7-27-11-14)10-15(19)18-22-17(23-26-18)16-8-20-4-5-21-16/h2,4-5,7-8,11,15H,3,6,9-10,12-13H2,1H3/t15-,19-/m0/s1. The van der Waals surface area contributed by atoms with Gasteiger partial charge in [-0.05, 0) is 42.4 Å². The van der Waals surface area contributed by atoms with Crippen LogP contribution in [0.2, 0.25) is 0 Å². The molecule has 0 saturated carbocycles. The molecular formula is C19H22N6OS. The number of aromatic nitrogens is 4. The topological polar surface area (TPSA) is 71.2 Å². The van der Waals surface area contributed by atoms with E-state index in [4.69, 9.17) is 9.51 Å². The molecule has 2 saturated heterocycles. The molecule has 0 N–H and O–H groups in total. The third-order valence-corrected chi connectivity index (χ3v) is 6.55. The van der Waals surface area contributed by atoms with Gasteiger partial charge in [-0.15, -0.1) is 0 Å². The fourth-order valence-corrected chi connectivity index (χ4v) is 5.25. The molecule has 2 aliphatic heterocycles. The highest BCUT2D eigenvalue weighted by atomic mass is 32.1. The van der Waals surface area contributed by atoms with Crippen molar-refractivity contribution < 1.29 is 4.52 Å². The number of thiophene rings is 1. The van der Waals surface area contributed by atoms with E-state index in [1.165, 1.54) is 5.56 Å². The number of likely N-dealkylation sites (tertiary alicyclic amines) is 2. The number of rotatable bonds is 4. The Morgan fingerprint density at radius 2 is 2.30 bits per heavy atom. The monoisotopic (exact) mass is 382 g/mol. The van der Waals surface area contributed by atoms with Gasteiger partial charge < -0.3 is 9.42 Å². The highest BCUT2D eigenvalue weighted by molar-refractivity contribution is 7.07. The lowest BCUT2D eigenvalue weighted by molar-refractivity contribution is 0.223. The van der Waals surface area contributed by atoms with Crippen LogP contribution < -0.4 is 0 Å². The van der Waals surface area contributed by atoms with Crippen LogP contribution >= 0.6 is 11.3 Å². The Labute approximate surface area is 162 Å². The lowest BCUT2D eigenvalue weighted by atomic mass is 9.77. The van der Waals surface area contributed by atoms with Crippen molar-refractivity contribution in [3.63, 3.8) is 0 Å². The van der Waals surface area contributed by atoms with E-state index in [0.717, 1.165) is 45.0 Å². The molecule has 2 atom stereocenters. The van der Waals surface area contributed by atoms with Crippen LogP contribution in [0.4, 0.5) is 0 Å². The molecule has 140 valence electrons. The predicted octanol–water partition coefficient (Wildman–Crippen LogP) is 2.51. The second-order valence-corrected chi connectivity index (χ2v) is 8.53. The Morgan fingerprint density at radius 1 is 1.33 bits per heavy atom. The summed E-state index contributed by atoms with van der Waals surface area (Å²) in [6.07, 6.45) is 6.13. The van der Waals surface area contributed by atoms with E-state index in [-0.39, 0.29) is 11.3 Å². The Hall–Kier alpha value is -2.16. The molecule has 8 heteroatoms. The predicted molar refractivity (Wildman–Crippen MR) is 102 cm³/mol. The van der Waals surface area contributed by atoms with Gasteiger partial charge in [-0.1, -0.05) is 5.16 Å². The molecule has 1 spiro atoms. The zero-order valence-electron chi connectivity index (χ0n) is 15.3. The van der Waals surface area contributed by atoms with E-state index in [9.17, 15) is 0 Å². The first-order chi connectivity index (χ1) is 13.2. The van der Waals surface area contributed by atoms with Crippen molar-refractivity contribution in [3.8, 4) is 11.5 Å². The maximum atomic E-state index is 5.74. The molecule has 2 aliphatic rings. The Balaban J connectivity index is 1.43. The Bertz CT molecular complexity index is 898. The molecule has 27 heavy (non-hydrogen) atoms. The summed E-state index contributed by atoms with van der Waals surface area (Å²) >= 11 is 1.76. The number of hydrogen-bond acceptors (Lipinski definition) is 8. The van der Waals surface area contributed by atoms with Crippen LogP contribution in [0.3, 0.4) is 0 Å². The van der Waals surface area contributed by atoms with Gasteiger partial charge in [0.1, 0.15) is 5.69 Å². The Kier molecular flexibility index (Phi) is 4.26. The summed E-state index contributed by atoms with van der Waals surface area (Å²) in [6.45, 7) is 5.19. The normalized spacial score (nSPS) is 26.3. The molecule has 0 amide bonds. The molecular weight excluding hydrogens is 360 g/mol. The highest BCUT2D eigenvalue weighted by Gasteiger charge is 2.52. The zero-order chi connectivity index (χ0) is 18.3. The molecule has 0 aromatic carbocycles. The summed E-state index contributed by atoms with van der Waals surface area (Å²) in [5.74, 6) is 1.51. The lowest BCUT2D eigenvalue weighted by Crippen LogP contribution is -2.32. The van der Waals surface area contributed by atoms with Gasteiger partial charge >= 0.3 is 0 Å². The molecule has 0 aliphatic carbocycles. The summed E-state index contributed by atoms with van der Waals surface area (Å²) in [5.41, 5.74) is 2.21. The van der Waals surface area contributed by atoms with Gasteiger partial charge in [0.25, 0.3) is 0 Å². The molecule has 2 fully saturated rings. The summed E-state index contributed by atoms with van der Waals surface area (Å²) in [6, 6.07) is 2.21. The van der Waals surface area contributed by atoms with Crippen molar-refractivity contribution in [1.82, 2.24) is 29.9 Å². The summed E-state index contributed by atoms with van der Waals surface area (Å²) in [4.78, 5) is 18.1. The van der Waals surface area contributed by atoms with E-state index >= 15 is 0 Å². The second-order valence-electron chi connectivity index (χ2n) is 7.75. The van der Waals surface area contributed by atoms with E-state index < -0.39 is 0 Å².